The van der Waals surface area contributed by atoms with E-state index >= 15 is 0 Å². The highest BCUT2D eigenvalue weighted by molar-refractivity contribution is 7.09. The predicted molar refractivity (Wildman–Crippen MR) is 92.6 cm³/mol. The number of thiazole rings is 1. The number of aromatic nitrogens is 1. The zero-order chi connectivity index (χ0) is 18.2. The zero-order valence-corrected chi connectivity index (χ0v) is 15.4. The van der Waals surface area contributed by atoms with Crippen molar-refractivity contribution in [3.05, 3.63) is 16.1 Å². The SMILES string of the molecule is CCOC(=O)C1CCCN(CC(=O)NNC(=O)Cc2nc(C)cs2)C1. The van der Waals surface area contributed by atoms with Crippen LogP contribution in [0.15, 0.2) is 5.38 Å². The van der Waals surface area contributed by atoms with E-state index in [-0.39, 0.29) is 36.7 Å². The molecule has 1 atom stereocenters. The van der Waals surface area contributed by atoms with E-state index in [0.29, 0.717) is 18.2 Å². The topological polar surface area (TPSA) is 101 Å². The van der Waals surface area contributed by atoms with Crippen molar-refractivity contribution in [1.29, 1.82) is 0 Å². The number of nitrogens with one attached hydrogen (secondary N) is 2. The van der Waals surface area contributed by atoms with Gasteiger partial charge < -0.3 is 4.74 Å². The summed E-state index contributed by atoms with van der Waals surface area (Å²) in [4.78, 5) is 41.7. The molecule has 8 nitrogen and oxygen atoms in total. The summed E-state index contributed by atoms with van der Waals surface area (Å²) in [7, 11) is 0. The summed E-state index contributed by atoms with van der Waals surface area (Å²) in [6, 6.07) is 0. The molecule has 1 saturated heterocycles. The molecule has 2 N–H and O–H groups in total. The van der Waals surface area contributed by atoms with Crippen LogP contribution < -0.4 is 10.9 Å². The number of amides is 2. The fourth-order valence-electron chi connectivity index (χ4n) is 2.70. The predicted octanol–water partition coefficient (Wildman–Crippen LogP) is 0.417. The first kappa shape index (κ1) is 19.3. The van der Waals surface area contributed by atoms with Gasteiger partial charge in [-0.15, -0.1) is 11.3 Å². The molecule has 1 aromatic rings. The van der Waals surface area contributed by atoms with Gasteiger partial charge in [0.2, 0.25) is 5.91 Å². The van der Waals surface area contributed by atoms with E-state index in [9.17, 15) is 14.4 Å². The van der Waals surface area contributed by atoms with Gasteiger partial charge in [0.15, 0.2) is 0 Å². The Balaban J connectivity index is 1.70. The number of rotatable bonds is 6. The van der Waals surface area contributed by atoms with E-state index in [0.717, 1.165) is 25.1 Å². The van der Waals surface area contributed by atoms with E-state index in [1.807, 2.05) is 17.2 Å². The summed E-state index contributed by atoms with van der Waals surface area (Å²) in [5.41, 5.74) is 5.67. The van der Waals surface area contributed by atoms with Crippen LogP contribution in [0.3, 0.4) is 0 Å². The molecule has 2 amide bonds. The van der Waals surface area contributed by atoms with Crippen LogP contribution in [-0.2, 0) is 25.5 Å². The molecule has 138 valence electrons. The van der Waals surface area contributed by atoms with Crippen molar-refractivity contribution in [1.82, 2.24) is 20.7 Å². The first-order valence-corrected chi connectivity index (χ1v) is 9.23. The minimum absolute atomic E-state index is 0.131. The summed E-state index contributed by atoms with van der Waals surface area (Å²) in [6.07, 6.45) is 1.75. The average Bonchev–Trinajstić information content (AvgIpc) is 2.98. The van der Waals surface area contributed by atoms with Crippen LogP contribution in [0.5, 0.6) is 0 Å². The molecule has 1 unspecified atom stereocenters. The van der Waals surface area contributed by atoms with Crippen LogP contribution in [-0.4, -0.2) is 53.9 Å². The van der Waals surface area contributed by atoms with Gasteiger partial charge >= 0.3 is 5.97 Å². The van der Waals surface area contributed by atoms with Gasteiger partial charge in [-0.1, -0.05) is 0 Å². The molecule has 0 radical (unpaired) electrons. The molecular formula is C16H24N4O4S. The Morgan fingerprint density at radius 1 is 1.36 bits per heavy atom. The molecule has 2 heterocycles. The van der Waals surface area contributed by atoms with Gasteiger partial charge in [0, 0.05) is 17.6 Å². The van der Waals surface area contributed by atoms with Crippen LogP contribution >= 0.6 is 11.3 Å². The quantitative estimate of drug-likeness (QED) is 0.557. The molecule has 25 heavy (non-hydrogen) atoms. The maximum absolute atomic E-state index is 12.0. The second kappa shape index (κ2) is 9.47. The molecule has 0 aromatic carbocycles. The van der Waals surface area contributed by atoms with Gasteiger partial charge in [-0.25, -0.2) is 4.98 Å². The minimum atomic E-state index is -0.314. The molecule has 0 bridgehead atoms. The third-order valence-electron chi connectivity index (χ3n) is 3.81. The molecule has 1 aliphatic heterocycles. The van der Waals surface area contributed by atoms with Gasteiger partial charge in [-0.05, 0) is 33.2 Å². The number of hydrazine groups is 1. The first-order chi connectivity index (χ1) is 12.0. The number of hydrogen-bond acceptors (Lipinski definition) is 7. The molecule has 0 spiro atoms. The van der Waals surface area contributed by atoms with Crippen LogP contribution in [0.1, 0.15) is 30.5 Å². The maximum atomic E-state index is 12.0. The molecule has 1 aliphatic rings. The number of ether oxygens (including phenoxy) is 1. The highest BCUT2D eigenvalue weighted by atomic mass is 32.1. The Kier molecular flexibility index (Phi) is 7.32. The molecule has 0 aliphatic carbocycles. The standard InChI is InChI=1S/C16H24N4O4S/c1-3-24-16(23)12-5-4-6-20(8-12)9-14(22)19-18-13(21)7-15-17-11(2)10-25-15/h10,12H,3-9H2,1-2H3,(H,18,21)(H,19,22). The lowest BCUT2D eigenvalue weighted by Crippen LogP contribution is -2.49. The lowest BCUT2D eigenvalue weighted by Gasteiger charge is -2.30. The van der Waals surface area contributed by atoms with Gasteiger partial charge in [0.05, 0.1) is 25.5 Å². The third-order valence-corrected chi connectivity index (χ3v) is 4.78. The number of hydrogen-bond donors (Lipinski definition) is 2. The summed E-state index contributed by atoms with van der Waals surface area (Å²) in [5.74, 6) is -1.03. The highest BCUT2D eigenvalue weighted by Gasteiger charge is 2.27. The Morgan fingerprint density at radius 2 is 2.12 bits per heavy atom. The molecule has 9 heteroatoms. The van der Waals surface area contributed by atoms with Crippen LogP contribution in [0.2, 0.25) is 0 Å². The Morgan fingerprint density at radius 3 is 2.80 bits per heavy atom. The molecule has 2 rings (SSSR count). The van der Waals surface area contributed by atoms with E-state index in [1.54, 1.807) is 6.92 Å². The normalized spacial score (nSPS) is 17.8. The van der Waals surface area contributed by atoms with Crippen molar-refractivity contribution >= 4 is 29.1 Å². The lowest BCUT2D eigenvalue weighted by atomic mass is 9.98. The molecule has 0 saturated carbocycles. The van der Waals surface area contributed by atoms with Crippen LogP contribution in [0.4, 0.5) is 0 Å². The largest absolute Gasteiger partial charge is 0.466 e. The van der Waals surface area contributed by atoms with Crippen molar-refractivity contribution in [3.63, 3.8) is 0 Å². The van der Waals surface area contributed by atoms with E-state index in [1.165, 1.54) is 11.3 Å². The van der Waals surface area contributed by atoms with Crippen molar-refractivity contribution in [2.75, 3.05) is 26.2 Å². The molecular weight excluding hydrogens is 344 g/mol. The van der Waals surface area contributed by atoms with Crippen molar-refractivity contribution in [2.45, 2.75) is 33.1 Å². The number of esters is 1. The monoisotopic (exact) mass is 368 g/mol. The number of nitrogens with zero attached hydrogens (tertiary/aromatic N) is 2. The number of carbonyl (C=O) groups excluding carboxylic acids is 3. The number of aryl methyl sites for hydroxylation is 1. The minimum Gasteiger partial charge on any atom is -0.466 e. The van der Waals surface area contributed by atoms with Crippen molar-refractivity contribution < 1.29 is 19.1 Å². The smallest absolute Gasteiger partial charge is 0.310 e. The summed E-state index contributed by atoms with van der Waals surface area (Å²) >= 11 is 1.41. The van der Waals surface area contributed by atoms with Gasteiger partial charge in [0.1, 0.15) is 5.01 Å². The van der Waals surface area contributed by atoms with Gasteiger partial charge in [-0.2, -0.15) is 0 Å². The Bertz CT molecular complexity index is 619. The maximum Gasteiger partial charge on any atom is 0.310 e. The number of likely N-dealkylation sites (tertiary alicyclic amines) is 1. The lowest BCUT2D eigenvalue weighted by molar-refractivity contribution is -0.150. The third kappa shape index (κ3) is 6.43. The average molecular weight is 368 g/mol. The summed E-state index contributed by atoms with van der Waals surface area (Å²) < 4.78 is 5.04. The second-order valence-electron chi connectivity index (χ2n) is 5.98. The van der Waals surface area contributed by atoms with Crippen LogP contribution in [0.25, 0.3) is 0 Å². The van der Waals surface area contributed by atoms with E-state index in [2.05, 4.69) is 15.8 Å². The Hall–Kier alpha value is -2.00. The first-order valence-electron chi connectivity index (χ1n) is 8.35. The van der Waals surface area contributed by atoms with Crippen molar-refractivity contribution in [3.8, 4) is 0 Å². The summed E-state index contributed by atoms with van der Waals surface area (Å²) in [6.45, 7) is 5.38. The van der Waals surface area contributed by atoms with Crippen molar-refractivity contribution in [2.24, 2.45) is 5.92 Å². The second-order valence-corrected chi connectivity index (χ2v) is 6.92. The number of carbonyl (C=O) groups is 3. The number of piperidine rings is 1. The molecule has 1 aromatic heterocycles. The zero-order valence-electron chi connectivity index (χ0n) is 14.5. The van der Waals surface area contributed by atoms with Crippen LogP contribution in [0, 0.1) is 12.8 Å². The summed E-state index contributed by atoms with van der Waals surface area (Å²) in [5, 5.41) is 2.58. The molecule has 1 fully saturated rings. The fourth-order valence-corrected chi connectivity index (χ4v) is 3.47. The van der Waals surface area contributed by atoms with Gasteiger partial charge in [-0.3, -0.25) is 30.1 Å². The highest BCUT2D eigenvalue weighted by Crippen LogP contribution is 2.17. The Labute approximate surface area is 150 Å². The fraction of sp³-hybridized carbons (Fsp3) is 0.625. The van der Waals surface area contributed by atoms with Gasteiger partial charge in [0.25, 0.3) is 5.91 Å². The van der Waals surface area contributed by atoms with E-state index in [4.69, 9.17) is 4.74 Å². The van der Waals surface area contributed by atoms with E-state index < -0.39 is 0 Å².